The fourth-order valence-electron chi connectivity index (χ4n) is 1.16. The Morgan fingerprint density at radius 2 is 1.83 bits per heavy atom. The smallest absolute Gasteiger partial charge is 0.0562 e. The Balaban J connectivity index is 3.13. The summed E-state index contributed by atoms with van der Waals surface area (Å²) >= 11 is 0. The van der Waals surface area contributed by atoms with Gasteiger partial charge >= 0.3 is 0 Å². The zero-order valence-corrected chi connectivity index (χ0v) is 8.55. The normalized spacial score (nSPS) is 13.8. The van der Waals surface area contributed by atoms with Gasteiger partial charge in [-0.15, -0.1) is 0 Å². The van der Waals surface area contributed by atoms with Gasteiger partial charge < -0.3 is 9.84 Å². The molecule has 0 aliphatic carbocycles. The van der Waals surface area contributed by atoms with Gasteiger partial charge in [0.2, 0.25) is 0 Å². The molecule has 0 rings (SSSR count). The number of methoxy groups -OCH3 is 1. The number of aliphatic hydroxyl groups excluding tert-OH is 1. The van der Waals surface area contributed by atoms with Crippen LogP contribution in [0.3, 0.4) is 0 Å². The van der Waals surface area contributed by atoms with E-state index in [2.05, 4.69) is 13.8 Å². The van der Waals surface area contributed by atoms with Crippen LogP contribution < -0.4 is 0 Å². The third-order valence-corrected chi connectivity index (χ3v) is 1.97. The largest absolute Gasteiger partial charge is 0.393 e. The molecule has 0 spiro atoms. The van der Waals surface area contributed by atoms with Gasteiger partial charge in [-0.2, -0.15) is 0 Å². The first-order chi connectivity index (χ1) is 5.66. The fourth-order valence-corrected chi connectivity index (χ4v) is 1.16. The Hall–Kier alpha value is -0.0800. The molecule has 1 unspecified atom stereocenters. The maximum Gasteiger partial charge on any atom is 0.0562 e. The van der Waals surface area contributed by atoms with Crippen LogP contribution in [0.25, 0.3) is 0 Å². The van der Waals surface area contributed by atoms with Gasteiger partial charge in [-0.1, -0.05) is 26.7 Å². The molecule has 0 bridgehead atoms. The Morgan fingerprint density at radius 3 is 2.33 bits per heavy atom. The van der Waals surface area contributed by atoms with Crippen molar-refractivity contribution in [3.05, 3.63) is 0 Å². The molecule has 2 heteroatoms. The van der Waals surface area contributed by atoms with Gasteiger partial charge in [0.05, 0.1) is 6.10 Å². The second-order valence-corrected chi connectivity index (χ2v) is 3.76. The van der Waals surface area contributed by atoms with Crippen LogP contribution in [0.15, 0.2) is 0 Å². The molecule has 0 saturated carbocycles. The van der Waals surface area contributed by atoms with Gasteiger partial charge in [-0.25, -0.2) is 0 Å². The lowest BCUT2D eigenvalue weighted by atomic mass is 10.0. The van der Waals surface area contributed by atoms with E-state index < -0.39 is 0 Å². The minimum Gasteiger partial charge on any atom is -0.393 e. The molecule has 1 N–H and O–H groups in total. The summed E-state index contributed by atoms with van der Waals surface area (Å²) in [6.45, 7) is 5.09. The maximum atomic E-state index is 9.41. The van der Waals surface area contributed by atoms with Gasteiger partial charge in [-0.05, 0) is 18.8 Å². The molecule has 74 valence electrons. The molecule has 0 amide bonds. The zero-order chi connectivity index (χ0) is 9.40. The topological polar surface area (TPSA) is 29.5 Å². The Bertz CT molecular complexity index is 91.8. The highest BCUT2D eigenvalue weighted by molar-refractivity contribution is 4.56. The van der Waals surface area contributed by atoms with Gasteiger partial charge in [0.1, 0.15) is 0 Å². The van der Waals surface area contributed by atoms with E-state index in [4.69, 9.17) is 4.74 Å². The summed E-state index contributed by atoms with van der Waals surface area (Å²) in [5.41, 5.74) is 0. The molecule has 0 fully saturated rings. The molecule has 0 aromatic carbocycles. The van der Waals surface area contributed by atoms with E-state index in [1.165, 1.54) is 6.42 Å². The molecule has 12 heavy (non-hydrogen) atoms. The van der Waals surface area contributed by atoms with E-state index >= 15 is 0 Å². The average Bonchev–Trinajstić information content (AvgIpc) is 2.00. The van der Waals surface area contributed by atoms with Crippen LogP contribution in [0.5, 0.6) is 0 Å². The van der Waals surface area contributed by atoms with E-state index in [1.807, 2.05) is 0 Å². The van der Waals surface area contributed by atoms with Crippen molar-refractivity contribution in [1.82, 2.24) is 0 Å². The third-order valence-electron chi connectivity index (χ3n) is 1.97. The Morgan fingerprint density at radius 1 is 1.17 bits per heavy atom. The molecule has 0 aliphatic rings. The van der Waals surface area contributed by atoms with Crippen LogP contribution in [0.4, 0.5) is 0 Å². The van der Waals surface area contributed by atoms with Crippen molar-refractivity contribution in [2.75, 3.05) is 13.7 Å². The first-order valence-corrected chi connectivity index (χ1v) is 4.83. The highest BCUT2D eigenvalue weighted by Crippen LogP contribution is 2.09. The van der Waals surface area contributed by atoms with E-state index in [1.54, 1.807) is 7.11 Å². The number of ether oxygens (including phenoxy) is 1. The van der Waals surface area contributed by atoms with Crippen molar-refractivity contribution in [2.45, 2.75) is 45.6 Å². The predicted molar refractivity (Wildman–Crippen MR) is 51.2 cm³/mol. The van der Waals surface area contributed by atoms with Crippen LogP contribution in [0, 0.1) is 5.92 Å². The molecule has 0 saturated heterocycles. The second-order valence-electron chi connectivity index (χ2n) is 3.76. The standard InChI is InChI=1S/C10H22O2/c1-9(2)5-4-6-10(11)7-8-12-3/h9-11H,4-8H2,1-3H3. The number of rotatable bonds is 7. The highest BCUT2D eigenvalue weighted by Gasteiger charge is 2.03. The average molecular weight is 174 g/mol. The lowest BCUT2D eigenvalue weighted by Crippen LogP contribution is -2.09. The fraction of sp³-hybridized carbons (Fsp3) is 1.00. The Kier molecular flexibility index (Phi) is 7.51. The molecular weight excluding hydrogens is 152 g/mol. The number of hydrogen-bond acceptors (Lipinski definition) is 2. The lowest BCUT2D eigenvalue weighted by molar-refractivity contribution is 0.101. The van der Waals surface area contributed by atoms with E-state index in [9.17, 15) is 5.11 Å². The zero-order valence-electron chi connectivity index (χ0n) is 8.55. The van der Waals surface area contributed by atoms with Crippen molar-refractivity contribution in [3.8, 4) is 0 Å². The van der Waals surface area contributed by atoms with Gasteiger partial charge in [0.25, 0.3) is 0 Å². The minimum absolute atomic E-state index is 0.163. The van der Waals surface area contributed by atoms with E-state index in [0.29, 0.717) is 6.61 Å². The SMILES string of the molecule is COCCC(O)CCCC(C)C. The maximum absolute atomic E-state index is 9.41. The number of aliphatic hydroxyl groups is 1. The van der Waals surface area contributed by atoms with E-state index in [-0.39, 0.29) is 6.10 Å². The monoisotopic (exact) mass is 174 g/mol. The first kappa shape index (κ1) is 11.9. The van der Waals surface area contributed by atoms with Gasteiger partial charge in [0, 0.05) is 13.7 Å². The van der Waals surface area contributed by atoms with Crippen LogP contribution in [-0.4, -0.2) is 24.9 Å². The van der Waals surface area contributed by atoms with E-state index in [0.717, 1.165) is 25.2 Å². The molecule has 1 atom stereocenters. The summed E-state index contributed by atoms with van der Waals surface area (Å²) in [6, 6.07) is 0. The summed E-state index contributed by atoms with van der Waals surface area (Å²) in [5, 5.41) is 9.41. The summed E-state index contributed by atoms with van der Waals surface area (Å²) in [4.78, 5) is 0. The molecule has 0 heterocycles. The number of hydrogen-bond donors (Lipinski definition) is 1. The summed E-state index contributed by atoms with van der Waals surface area (Å²) in [5.74, 6) is 0.750. The Labute approximate surface area is 75.9 Å². The third kappa shape index (κ3) is 8.02. The quantitative estimate of drug-likeness (QED) is 0.641. The molecule has 0 radical (unpaired) electrons. The first-order valence-electron chi connectivity index (χ1n) is 4.83. The predicted octanol–water partition coefficient (Wildman–Crippen LogP) is 2.21. The second kappa shape index (κ2) is 7.56. The van der Waals surface area contributed by atoms with Gasteiger partial charge in [0.15, 0.2) is 0 Å². The van der Waals surface area contributed by atoms with Gasteiger partial charge in [-0.3, -0.25) is 0 Å². The lowest BCUT2D eigenvalue weighted by Gasteiger charge is -2.10. The molecule has 0 aliphatic heterocycles. The van der Waals surface area contributed by atoms with Crippen molar-refractivity contribution >= 4 is 0 Å². The summed E-state index contributed by atoms with van der Waals surface area (Å²) in [6.07, 6.45) is 3.87. The van der Waals surface area contributed by atoms with Crippen LogP contribution in [0.2, 0.25) is 0 Å². The molecule has 2 nitrogen and oxygen atoms in total. The minimum atomic E-state index is -0.163. The molecule has 0 aromatic heterocycles. The highest BCUT2D eigenvalue weighted by atomic mass is 16.5. The van der Waals surface area contributed by atoms with Crippen molar-refractivity contribution in [3.63, 3.8) is 0 Å². The summed E-state index contributed by atoms with van der Waals surface area (Å²) < 4.78 is 4.88. The molecule has 0 aromatic rings. The van der Waals surface area contributed by atoms with Crippen LogP contribution in [-0.2, 0) is 4.74 Å². The van der Waals surface area contributed by atoms with Crippen molar-refractivity contribution in [2.24, 2.45) is 5.92 Å². The van der Waals surface area contributed by atoms with Crippen LogP contribution >= 0.6 is 0 Å². The van der Waals surface area contributed by atoms with Crippen molar-refractivity contribution < 1.29 is 9.84 Å². The summed E-state index contributed by atoms with van der Waals surface area (Å²) in [7, 11) is 1.67. The van der Waals surface area contributed by atoms with Crippen LogP contribution in [0.1, 0.15) is 39.5 Å². The molecular formula is C10H22O2. The van der Waals surface area contributed by atoms with Crippen molar-refractivity contribution in [1.29, 1.82) is 0 Å².